The molecule has 0 aliphatic rings. The minimum absolute atomic E-state index is 0.00473. The van der Waals surface area contributed by atoms with Crippen LogP contribution in [0.3, 0.4) is 0 Å². The Balaban J connectivity index is 0.00000131. The van der Waals surface area contributed by atoms with E-state index in [1.54, 1.807) is 6.92 Å². The smallest absolute Gasteiger partial charge is 0.425 e. The molecule has 0 radical (unpaired) electrons. The number of ether oxygens (including phenoxy) is 1. The molecular weight excluding hydrogens is 1200 g/mol. The fraction of sp³-hybridized carbons (Fsp3) is 0.205. The molecule has 0 atom stereocenters. The molecule has 0 spiro atoms. The third kappa shape index (κ3) is 16.7. The number of aromatic nitrogens is 4. The number of nitrogens with zero attached hydrogens (tertiary/aromatic N) is 10. The summed E-state index contributed by atoms with van der Waals surface area (Å²) in [5.41, 5.74) is 0.0134. The summed E-state index contributed by atoms with van der Waals surface area (Å²) in [7, 11) is -25.6. The van der Waals surface area contributed by atoms with Gasteiger partial charge in [-0.15, -0.1) is 66.1 Å². The summed E-state index contributed by atoms with van der Waals surface area (Å²) < 4.78 is 193. The van der Waals surface area contributed by atoms with Crippen LogP contribution in [0.15, 0.2) is 116 Å². The van der Waals surface area contributed by atoms with Gasteiger partial charge in [0.05, 0.1) is 34.3 Å². The predicted molar refractivity (Wildman–Crippen MR) is 273 cm³/mol. The van der Waals surface area contributed by atoms with E-state index in [2.05, 4.69) is 46.0 Å². The SMILES string of the molecule is CCCSc1nnc(N=Nc2cc(OCCCS(=O)(=O)O)c(N=Nc3ccc4c(S(=O)(=O)O)c(N=Nc5c(C)nn(-c6ccc7c(S(=O)(=O)O)cc(S(=O)(=O)O)cc7c6)c5O)ccc4c3O)cc2C)s1.O=S(=O)=O.O=S(=O)=O. The molecule has 2 heterocycles. The maximum Gasteiger partial charge on any atom is 0.425 e. The van der Waals surface area contributed by atoms with Crippen molar-refractivity contribution in [3.63, 3.8) is 0 Å². The first kappa shape index (κ1) is 61.7. The van der Waals surface area contributed by atoms with Crippen molar-refractivity contribution in [1.29, 1.82) is 0 Å². The highest BCUT2D eigenvalue weighted by Gasteiger charge is 2.25. The topological polar surface area (TPSA) is 487 Å². The van der Waals surface area contributed by atoms with E-state index >= 15 is 0 Å². The summed E-state index contributed by atoms with van der Waals surface area (Å²) >= 11 is 2.78. The van der Waals surface area contributed by atoms with Crippen molar-refractivity contribution < 1.29 is 92.1 Å². The van der Waals surface area contributed by atoms with Crippen molar-refractivity contribution in [3.05, 3.63) is 78.0 Å². The Hall–Kier alpha value is -7.18. The number of aryl methyl sites for hydroxylation is 2. The van der Waals surface area contributed by atoms with Crippen LogP contribution >= 0.6 is 23.1 Å². The number of benzene rings is 5. The first-order chi connectivity index (χ1) is 36.3. The zero-order valence-corrected chi connectivity index (χ0v) is 46.0. The van der Waals surface area contributed by atoms with Gasteiger partial charge in [-0.1, -0.05) is 42.2 Å². The Bertz CT molecular complexity index is 4250. The van der Waals surface area contributed by atoms with Gasteiger partial charge in [0, 0.05) is 28.0 Å². The molecule has 0 fully saturated rings. The summed E-state index contributed by atoms with van der Waals surface area (Å²) in [6.45, 7) is 4.93. The number of hydrogen-bond donors (Lipinski definition) is 6. The van der Waals surface area contributed by atoms with Crippen molar-refractivity contribution >= 4 is 140 Å². The van der Waals surface area contributed by atoms with E-state index in [-0.39, 0.29) is 68.8 Å². The number of fused-ring (bicyclic) bond motifs is 2. The summed E-state index contributed by atoms with van der Waals surface area (Å²) in [4.78, 5) is -2.49. The third-order valence-corrected chi connectivity index (χ3v) is 15.3. The van der Waals surface area contributed by atoms with Gasteiger partial charge in [-0.2, -0.15) is 43.5 Å². The number of hydrogen-bond acceptors (Lipinski definition) is 28. The van der Waals surface area contributed by atoms with Gasteiger partial charge < -0.3 is 14.9 Å². The number of aromatic hydroxyl groups is 2. The molecule has 0 bridgehead atoms. The zero-order chi connectivity index (χ0) is 58.1. The summed E-state index contributed by atoms with van der Waals surface area (Å²) in [6.07, 6.45) is 0.842. The van der Waals surface area contributed by atoms with Crippen molar-refractivity contribution in [2.45, 2.75) is 52.6 Å². The maximum atomic E-state index is 12.9. The van der Waals surface area contributed by atoms with Crippen molar-refractivity contribution in [2.24, 2.45) is 30.7 Å². The highest BCUT2D eigenvalue weighted by atomic mass is 32.2. The second-order valence-electron chi connectivity index (χ2n) is 15.2. The molecule has 0 aliphatic heterocycles. The number of thioether (sulfide) groups is 1. The summed E-state index contributed by atoms with van der Waals surface area (Å²) in [6, 6.07) is 12.8. The molecule has 0 amide bonds. The molecule has 39 heteroatoms. The number of phenols is 1. The Morgan fingerprint density at radius 2 is 1.27 bits per heavy atom. The van der Waals surface area contributed by atoms with Gasteiger partial charge in [-0.25, -0.2) is 0 Å². The summed E-state index contributed by atoms with van der Waals surface area (Å²) in [5, 5.41) is 59.3. The van der Waals surface area contributed by atoms with Crippen molar-refractivity contribution in [2.75, 3.05) is 18.1 Å². The second-order valence-corrected chi connectivity index (χ2v) is 24.0. The van der Waals surface area contributed by atoms with Crippen LogP contribution in [0.5, 0.6) is 17.4 Å². The lowest BCUT2D eigenvalue weighted by Crippen LogP contribution is -2.08. The van der Waals surface area contributed by atoms with Crippen LogP contribution < -0.4 is 4.74 Å². The fourth-order valence-electron chi connectivity index (χ4n) is 6.55. The molecule has 0 aliphatic carbocycles. The molecule has 0 saturated carbocycles. The molecule has 0 unspecified atom stereocenters. The van der Waals surface area contributed by atoms with E-state index in [1.807, 2.05) is 6.92 Å². The van der Waals surface area contributed by atoms with Gasteiger partial charge in [-0.05, 0) is 86.2 Å². The molecular formula is C39H36N10O21S8. The first-order valence-electron chi connectivity index (χ1n) is 20.8. The molecule has 7 rings (SSSR count). The van der Waals surface area contributed by atoms with Crippen LogP contribution in [0.2, 0.25) is 0 Å². The van der Waals surface area contributed by atoms with Crippen molar-refractivity contribution in [3.8, 4) is 23.1 Å². The highest BCUT2D eigenvalue weighted by Crippen LogP contribution is 2.44. The Morgan fingerprint density at radius 1 is 0.667 bits per heavy atom. The summed E-state index contributed by atoms with van der Waals surface area (Å²) in [5.74, 6) is -0.949. The average molecular weight is 1240 g/mol. The van der Waals surface area contributed by atoms with Gasteiger partial charge in [0.2, 0.25) is 5.88 Å². The lowest BCUT2D eigenvalue weighted by molar-refractivity contribution is 0.317. The minimum Gasteiger partial charge on any atom is -0.505 e. The number of phenolic OH excluding ortho intramolecular Hbond substituents is 1. The second kappa shape index (κ2) is 25.5. The third-order valence-electron chi connectivity index (χ3n) is 9.71. The Labute approximate surface area is 451 Å². The minimum atomic E-state index is -5.13. The van der Waals surface area contributed by atoms with Crippen LogP contribution in [0.1, 0.15) is 31.0 Å². The van der Waals surface area contributed by atoms with Gasteiger partial charge in [0.15, 0.2) is 15.8 Å². The van der Waals surface area contributed by atoms with Gasteiger partial charge in [-0.3, -0.25) is 18.2 Å². The largest absolute Gasteiger partial charge is 0.505 e. The van der Waals surface area contributed by atoms with Gasteiger partial charge >= 0.3 is 21.2 Å². The highest BCUT2D eigenvalue weighted by molar-refractivity contribution is 8.01. The molecule has 7 aromatic rings. The van der Waals surface area contributed by atoms with Crippen LogP contribution in [0, 0.1) is 13.8 Å². The molecule has 6 N–H and O–H groups in total. The average Bonchev–Trinajstić information content (AvgIpc) is 4.02. The van der Waals surface area contributed by atoms with Crippen LogP contribution in [0.25, 0.3) is 27.2 Å². The number of rotatable bonds is 18. The van der Waals surface area contributed by atoms with E-state index in [0.29, 0.717) is 22.4 Å². The lowest BCUT2D eigenvalue weighted by atomic mass is 10.1. The van der Waals surface area contributed by atoms with E-state index in [4.69, 9.17) is 30.0 Å². The van der Waals surface area contributed by atoms with Crippen molar-refractivity contribution in [1.82, 2.24) is 20.0 Å². The molecule has 2 aromatic heterocycles. The van der Waals surface area contributed by atoms with E-state index in [0.717, 1.165) is 33.3 Å². The number of azo groups is 3. The zero-order valence-electron chi connectivity index (χ0n) is 39.4. The molecule has 0 saturated heterocycles. The van der Waals surface area contributed by atoms with Crippen LogP contribution in [0.4, 0.5) is 33.6 Å². The van der Waals surface area contributed by atoms with E-state index in [1.165, 1.54) is 78.6 Å². The predicted octanol–water partition coefficient (Wildman–Crippen LogP) is 7.20. The molecule has 31 nitrogen and oxygen atoms in total. The van der Waals surface area contributed by atoms with Crippen LogP contribution in [-0.2, 0) is 61.7 Å². The van der Waals surface area contributed by atoms with E-state index in [9.17, 15) is 62.1 Å². The molecule has 5 aromatic carbocycles. The van der Waals surface area contributed by atoms with E-state index < -0.39 is 99.4 Å². The Morgan fingerprint density at radius 3 is 1.88 bits per heavy atom. The quantitative estimate of drug-likeness (QED) is 0.0214. The lowest BCUT2D eigenvalue weighted by Gasteiger charge is -2.11. The first-order valence-corrected chi connectivity index (χ1v) is 30.6. The fourth-order valence-corrected chi connectivity index (χ4v) is 10.8. The standard InChI is InChI=1S/C39H36N10O15S6.2O3S/c1-4-13-65-39-47-46-38(66-39)45-42-30-19-32(64-12-5-14-67(52,53)54)31(15-20(30)2)43-40-28-10-9-27-26(35(28)50)8-11-29(36(27)70(61,62)63)41-44-34-21(3)48-49(37(34)51)23-6-7-25-22(16-23)17-24(68(55,56)57)18-33(25)69(58,59)60;2*1-4(2)3/h6-11,15-19,50-51H,4-5,12-14H2,1-3H3,(H,52,53,54)(H,55,56,57)(H,58,59,60)(H,61,62,63);;. The Kier molecular flexibility index (Phi) is 20.2. The van der Waals surface area contributed by atoms with Gasteiger partial charge in [0.25, 0.3) is 45.6 Å². The normalized spacial score (nSPS) is 12.2. The maximum absolute atomic E-state index is 12.9. The van der Waals surface area contributed by atoms with Gasteiger partial charge in [0.1, 0.15) is 32.6 Å². The van der Waals surface area contributed by atoms with Crippen LogP contribution in [-0.4, -0.2) is 125 Å². The molecule has 78 heavy (non-hydrogen) atoms. The molecule has 416 valence electrons. The monoisotopic (exact) mass is 1240 g/mol.